The Morgan fingerprint density at radius 1 is 1.09 bits per heavy atom. The Morgan fingerprint density at radius 2 is 1.59 bits per heavy atom. The molecular weight excluding hydrogens is 291 g/mol. The molecule has 6 heteroatoms. The van der Waals surface area contributed by atoms with Gasteiger partial charge < -0.3 is 15.5 Å². The fourth-order valence-electron chi connectivity index (χ4n) is 2.07. The number of carboxylic acids is 1. The average Bonchev–Trinajstić information content (AvgIpc) is 2.44. The molecule has 0 aromatic heterocycles. The molecule has 0 saturated carbocycles. The van der Waals surface area contributed by atoms with E-state index in [0.717, 1.165) is 13.0 Å². The first-order valence-corrected chi connectivity index (χ1v) is 8.25. The van der Waals surface area contributed by atoms with Crippen LogP contribution in [0, 0.1) is 0 Å². The number of hydrogen-bond donors (Lipinski definition) is 2. The van der Waals surface area contributed by atoms with Crippen molar-refractivity contribution in [2.24, 2.45) is 4.99 Å². The molecule has 2 N–H and O–H groups in total. The van der Waals surface area contributed by atoms with Crippen LogP contribution in [-0.4, -0.2) is 36.1 Å². The summed E-state index contributed by atoms with van der Waals surface area (Å²) in [5, 5.41) is 23.0. The Morgan fingerprint density at radius 3 is 2.09 bits per heavy atom. The molecule has 124 valence electrons. The maximum absolute atomic E-state index is 11.3. The van der Waals surface area contributed by atoms with Crippen LogP contribution < -0.4 is 40.0 Å². The van der Waals surface area contributed by atoms with Crippen molar-refractivity contribution >= 4 is 11.9 Å². The molecule has 0 saturated heterocycles. The summed E-state index contributed by atoms with van der Waals surface area (Å²) in [7, 11) is 0. The zero-order valence-corrected chi connectivity index (χ0v) is 16.6. The number of hydrogen-bond acceptors (Lipinski definition) is 4. The predicted octanol–water partition coefficient (Wildman–Crippen LogP) is -0.657. The molecule has 0 spiro atoms. The van der Waals surface area contributed by atoms with E-state index in [1.54, 1.807) is 0 Å². The van der Waals surface area contributed by atoms with Crippen LogP contribution in [0.4, 0.5) is 0 Å². The fraction of sp³-hybridized carbons (Fsp3) is 0.875. The van der Waals surface area contributed by atoms with Crippen molar-refractivity contribution < 1.29 is 44.6 Å². The first-order chi connectivity index (χ1) is 10.1. The van der Waals surface area contributed by atoms with Gasteiger partial charge in [0.25, 0.3) is 0 Å². The summed E-state index contributed by atoms with van der Waals surface area (Å²) in [4.78, 5) is 14.1. The molecule has 0 unspecified atom stereocenters. The van der Waals surface area contributed by atoms with E-state index in [9.17, 15) is 9.90 Å². The predicted molar refractivity (Wildman–Crippen MR) is 84.6 cm³/mol. The van der Waals surface area contributed by atoms with Gasteiger partial charge in [-0.25, -0.2) is 4.79 Å². The Kier molecular flexibility index (Phi) is 18.9. The number of carbonyl (C=O) groups is 1. The number of rotatable bonds is 14. The van der Waals surface area contributed by atoms with Gasteiger partial charge in [0, 0.05) is 6.54 Å². The largest absolute Gasteiger partial charge is 1.00 e. The molecule has 0 bridgehead atoms. The molecule has 0 rings (SSSR count). The van der Waals surface area contributed by atoms with Gasteiger partial charge in [-0.05, 0) is 25.8 Å². The third-order valence-corrected chi connectivity index (χ3v) is 3.43. The monoisotopic (exact) mass is 322 g/mol. The Labute approximate surface area is 157 Å². The summed E-state index contributed by atoms with van der Waals surface area (Å²) in [5.41, 5.74) is 0. The second-order valence-corrected chi connectivity index (χ2v) is 5.54. The minimum Gasteiger partial charge on any atom is -0.861 e. The van der Waals surface area contributed by atoms with Crippen molar-refractivity contribution in [1.29, 1.82) is 0 Å². The minimum absolute atomic E-state index is 0. The topological polar surface area (TPSA) is 84.8 Å². The van der Waals surface area contributed by atoms with Crippen LogP contribution in [-0.2, 0) is 4.79 Å². The summed E-state index contributed by atoms with van der Waals surface area (Å²) in [6, 6.07) is -0.952. The quantitative estimate of drug-likeness (QED) is 0.192. The van der Waals surface area contributed by atoms with Gasteiger partial charge in [-0.2, -0.15) is 0 Å². The molecule has 0 fully saturated rings. The molecule has 0 aliphatic rings. The van der Waals surface area contributed by atoms with Gasteiger partial charge in [0.15, 0.2) is 0 Å². The molecular formula is C16H31N2NaO3. The number of nitrogens with zero attached hydrogens (tertiary/aromatic N) is 1. The summed E-state index contributed by atoms with van der Waals surface area (Å²) in [6.07, 6.45) is 11.5. The average molecular weight is 322 g/mol. The third kappa shape index (κ3) is 16.3. The second-order valence-electron chi connectivity index (χ2n) is 5.54. The van der Waals surface area contributed by atoms with Crippen molar-refractivity contribution in [1.82, 2.24) is 5.32 Å². The summed E-state index contributed by atoms with van der Waals surface area (Å²) in [5.74, 6) is -1.46. The van der Waals surface area contributed by atoms with Gasteiger partial charge in [0.1, 0.15) is 6.04 Å². The first kappa shape index (κ1) is 24.2. The molecule has 22 heavy (non-hydrogen) atoms. The number of aliphatic carboxylic acids is 1. The molecule has 0 aromatic carbocycles. The van der Waals surface area contributed by atoms with E-state index in [1.807, 2.05) is 0 Å². The van der Waals surface area contributed by atoms with E-state index in [4.69, 9.17) is 5.11 Å². The third-order valence-electron chi connectivity index (χ3n) is 3.43. The number of nitrogens with one attached hydrogen (secondary N) is 1. The first-order valence-electron chi connectivity index (χ1n) is 8.25. The number of carboxylic acid groups (broad SMARTS) is 1. The van der Waals surface area contributed by atoms with Crippen LogP contribution in [0.1, 0.15) is 71.6 Å². The standard InChI is InChI=1S/C16H32N2O3.Na/c1-3-4-5-6-7-8-9-10-11-12-17-13-15(19)18-14(2)16(20)21;/h14,17H,3-13H2,1-2H3,(H,18,19)(H,20,21);/q;+1/p-1/t14-;/m0./s1. The minimum atomic E-state index is -1.07. The van der Waals surface area contributed by atoms with Gasteiger partial charge in [-0.3, -0.25) is 4.99 Å². The molecule has 0 heterocycles. The maximum atomic E-state index is 11.3. The van der Waals surface area contributed by atoms with Crippen molar-refractivity contribution in [3.63, 3.8) is 0 Å². The van der Waals surface area contributed by atoms with Gasteiger partial charge >= 0.3 is 35.5 Å². The SMILES string of the molecule is CCCCCCCCCCCNCC([O-])=N[C@@H](C)C(=O)O.[Na+]. The van der Waals surface area contributed by atoms with Gasteiger partial charge in [0.05, 0.1) is 0 Å². The van der Waals surface area contributed by atoms with Gasteiger partial charge in [-0.15, -0.1) is 0 Å². The van der Waals surface area contributed by atoms with Gasteiger partial charge in [0.2, 0.25) is 0 Å². The number of unbranched alkanes of at least 4 members (excludes halogenated alkanes) is 8. The molecule has 0 amide bonds. The summed E-state index contributed by atoms with van der Waals surface area (Å²) < 4.78 is 0. The van der Waals surface area contributed by atoms with E-state index in [0.29, 0.717) is 0 Å². The molecule has 0 aliphatic carbocycles. The Bertz CT molecular complexity index is 299. The zero-order valence-electron chi connectivity index (χ0n) is 14.6. The van der Waals surface area contributed by atoms with E-state index in [2.05, 4.69) is 17.2 Å². The molecule has 0 radical (unpaired) electrons. The zero-order chi connectivity index (χ0) is 15.9. The van der Waals surface area contributed by atoms with E-state index in [1.165, 1.54) is 58.3 Å². The van der Waals surface area contributed by atoms with Crippen molar-refractivity contribution in [3.05, 3.63) is 0 Å². The normalized spacial score (nSPS) is 12.7. The van der Waals surface area contributed by atoms with Crippen molar-refractivity contribution in [2.75, 3.05) is 13.1 Å². The number of aliphatic imine (C=N–C) groups is 1. The molecule has 5 nitrogen and oxygen atoms in total. The van der Waals surface area contributed by atoms with Crippen LogP contribution in [0.25, 0.3) is 0 Å². The van der Waals surface area contributed by atoms with E-state index >= 15 is 0 Å². The van der Waals surface area contributed by atoms with Crippen molar-refractivity contribution in [3.8, 4) is 0 Å². The van der Waals surface area contributed by atoms with Crippen LogP contribution in [0.5, 0.6) is 0 Å². The van der Waals surface area contributed by atoms with Crippen LogP contribution in [0.2, 0.25) is 0 Å². The Hall–Kier alpha value is -0.100. The van der Waals surface area contributed by atoms with E-state index < -0.39 is 12.0 Å². The van der Waals surface area contributed by atoms with Crippen LogP contribution in [0.3, 0.4) is 0 Å². The molecule has 0 aromatic rings. The smallest absolute Gasteiger partial charge is 0.861 e. The maximum Gasteiger partial charge on any atom is 1.00 e. The van der Waals surface area contributed by atoms with Crippen molar-refractivity contribution in [2.45, 2.75) is 77.7 Å². The summed E-state index contributed by atoms with van der Waals surface area (Å²) >= 11 is 0. The Balaban J connectivity index is 0. The van der Waals surface area contributed by atoms with E-state index in [-0.39, 0.29) is 42.0 Å². The molecule has 1 atom stereocenters. The van der Waals surface area contributed by atoms with Crippen LogP contribution in [0.15, 0.2) is 4.99 Å². The van der Waals surface area contributed by atoms with Gasteiger partial charge in [-0.1, -0.05) is 58.3 Å². The van der Waals surface area contributed by atoms with Crippen LogP contribution >= 0.6 is 0 Å². The second kappa shape index (κ2) is 17.3. The molecule has 0 aliphatic heterocycles. The fourth-order valence-corrected chi connectivity index (χ4v) is 2.07. The summed E-state index contributed by atoms with van der Waals surface area (Å²) in [6.45, 7) is 4.56.